The molecule has 1 aliphatic rings. The number of halogens is 3. The first-order valence-electron chi connectivity index (χ1n) is 12.7. The van der Waals surface area contributed by atoms with Crippen molar-refractivity contribution >= 4 is 33.2 Å². The van der Waals surface area contributed by atoms with Crippen molar-refractivity contribution in [3.05, 3.63) is 96.1 Å². The molecule has 2 aromatic carbocycles. The molecule has 0 radical (unpaired) electrons. The van der Waals surface area contributed by atoms with Gasteiger partial charge in [0.2, 0.25) is 0 Å². The van der Waals surface area contributed by atoms with Gasteiger partial charge in [-0.3, -0.25) is 14.1 Å². The Morgan fingerprint density at radius 1 is 1.02 bits per heavy atom. The number of hydrogen-bond donors (Lipinski definition) is 1. The van der Waals surface area contributed by atoms with E-state index in [0.29, 0.717) is 46.3 Å². The third-order valence-corrected chi connectivity index (χ3v) is 7.85. The van der Waals surface area contributed by atoms with Gasteiger partial charge in [0.25, 0.3) is 0 Å². The molecule has 0 spiro atoms. The fourth-order valence-corrected chi connectivity index (χ4v) is 5.75. The molecule has 3 aromatic heterocycles. The summed E-state index contributed by atoms with van der Waals surface area (Å²) in [6, 6.07) is 18.2. The Labute approximate surface area is 235 Å². The minimum atomic E-state index is -4.63. The van der Waals surface area contributed by atoms with Gasteiger partial charge in [-0.2, -0.15) is 13.2 Å². The number of pyridine rings is 1. The third kappa shape index (κ3) is 6.23. The maximum absolute atomic E-state index is 14.0. The number of fused-ring (bicyclic) bond motifs is 1. The first-order chi connectivity index (χ1) is 19.8. The molecule has 0 bridgehead atoms. The van der Waals surface area contributed by atoms with E-state index in [2.05, 4.69) is 25.2 Å². The van der Waals surface area contributed by atoms with E-state index in [-0.39, 0.29) is 18.0 Å². The molecular formula is C29H24F3N5O3S. The van der Waals surface area contributed by atoms with Crippen LogP contribution in [-0.4, -0.2) is 42.2 Å². The zero-order valence-electron chi connectivity index (χ0n) is 21.6. The zero-order chi connectivity index (χ0) is 28.4. The molecular weight excluding hydrogens is 555 g/mol. The molecule has 1 saturated heterocycles. The largest absolute Gasteiger partial charge is 0.488 e. The molecule has 8 nitrogen and oxygen atoms in total. The minimum absolute atomic E-state index is 0.00898. The highest BCUT2D eigenvalue weighted by Gasteiger charge is 2.35. The molecule has 5 aromatic rings. The number of nitrogens with zero attached hydrogens (tertiary/aromatic N) is 4. The second kappa shape index (κ2) is 11.3. The van der Waals surface area contributed by atoms with Crippen LogP contribution >= 0.6 is 0 Å². The van der Waals surface area contributed by atoms with Gasteiger partial charge >= 0.3 is 6.18 Å². The molecule has 41 heavy (non-hydrogen) atoms. The van der Waals surface area contributed by atoms with Crippen molar-refractivity contribution in [3.63, 3.8) is 0 Å². The number of hydrogen-bond acceptors (Lipinski definition) is 8. The van der Waals surface area contributed by atoms with Gasteiger partial charge in [0.1, 0.15) is 36.0 Å². The number of rotatable bonds is 8. The van der Waals surface area contributed by atoms with Gasteiger partial charge in [-0.15, -0.1) is 0 Å². The lowest BCUT2D eigenvalue weighted by molar-refractivity contribution is -0.139. The number of nitrogens with one attached hydrogen (secondary N) is 1. The maximum Gasteiger partial charge on any atom is 0.420 e. The predicted octanol–water partition coefficient (Wildman–Crippen LogP) is 6.15. The second-order valence-electron chi connectivity index (χ2n) is 9.51. The van der Waals surface area contributed by atoms with Gasteiger partial charge in [-0.1, -0.05) is 30.3 Å². The van der Waals surface area contributed by atoms with Crippen LogP contribution in [0, 0.1) is 0 Å². The first-order valence-corrected chi connectivity index (χ1v) is 14.2. The van der Waals surface area contributed by atoms with Crippen molar-refractivity contribution in [3.8, 4) is 17.2 Å². The number of anilines is 2. The Morgan fingerprint density at radius 2 is 1.88 bits per heavy atom. The monoisotopic (exact) mass is 579 g/mol. The Balaban J connectivity index is 1.25. The van der Waals surface area contributed by atoms with Crippen molar-refractivity contribution < 1.29 is 26.5 Å². The Hall–Kier alpha value is -4.29. The van der Waals surface area contributed by atoms with Crippen LogP contribution in [0.1, 0.15) is 16.9 Å². The number of furan rings is 1. The molecule has 1 unspecified atom stereocenters. The quantitative estimate of drug-likeness (QED) is 0.234. The lowest BCUT2D eigenvalue weighted by Gasteiger charge is -2.16. The van der Waals surface area contributed by atoms with E-state index in [1.165, 1.54) is 18.5 Å². The van der Waals surface area contributed by atoms with E-state index in [1.807, 2.05) is 12.1 Å². The Morgan fingerprint density at radius 3 is 2.66 bits per heavy atom. The summed E-state index contributed by atoms with van der Waals surface area (Å²) in [6.45, 7) is 1.30. The number of benzene rings is 2. The van der Waals surface area contributed by atoms with Crippen molar-refractivity contribution in [1.29, 1.82) is 0 Å². The molecule has 6 rings (SSSR count). The molecule has 1 N–H and O–H groups in total. The predicted molar refractivity (Wildman–Crippen MR) is 149 cm³/mol. The van der Waals surface area contributed by atoms with E-state index >= 15 is 0 Å². The van der Waals surface area contributed by atoms with Gasteiger partial charge in [0, 0.05) is 34.2 Å². The van der Waals surface area contributed by atoms with E-state index in [0.717, 1.165) is 23.9 Å². The average molecular weight is 580 g/mol. The standard InChI is InChI=1S/C29H24F3N5O3S/c30-29(31,32)23-12-20(6-8-26(23)39-16-19-4-2-1-3-5-19)36-28-22-13-24(33-14-25(22)34-17-35-28)27-9-7-21(40-27)15-37-10-11-41(38)18-37/h1-9,12-14,17H,10-11,15-16,18H2,(H,34,35,36). The average Bonchev–Trinajstić information content (AvgIpc) is 3.61. The Kier molecular flexibility index (Phi) is 7.41. The van der Waals surface area contributed by atoms with Crippen LogP contribution in [0.4, 0.5) is 24.7 Å². The summed E-state index contributed by atoms with van der Waals surface area (Å²) in [5, 5.41) is 3.55. The van der Waals surface area contributed by atoms with Crippen molar-refractivity contribution in [2.75, 3.05) is 23.5 Å². The van der Waals surface area contributed by atoms with Crippen LogP contribution in [0.3, 0.4) is 0 Å². The SMILES string of the molecule is O=S1CCN(Cc2ccc(-c3cc4c(Nc5ccc(OCc6ccccc6)c(C(F)(F)F)c5)ncnc4cn3)o2)C1. The molecule has 210 valence electrons. The highest BCUT2D eigenvalue weighted by atomic mass is 32.2. The molecule has 12 heteroatoms. The van der Waals surface area contributed by atoms with E-state index < -0.39 is 22.5 Å². The number of ether oxygens (including phenoxy) is 1. The summed E-state index contributed by atoms with van der Waals surface area (Å²) < 4.78 is 65.1. The second-order valence-corrected chi connectivity index (χ2v) is 11.1. The van der Waals surface area contributed by atoms with Gasteiger partial charge in [-0.05, 0) is 42.0 Å². The lowest BCUT2D eigenvalue weighted by atomic mass is 10.1. The summed E-state index contributed by atoms with van der Waals surface area (Å²) >= 11 is 0. The normalized spacial score (nSPS) is 15.8. The van der Waals surface area contributed by atoms with E-state index in [9.17, 15) is 17.4 Å². The van der Waals surface area contributed by atoms with Crippen molar-refractivity contribution in [2.24, 2.45) is 0 Å². The highest BCUT2D eigenvalue weighted by Crippen LogP contribution is 2.39. The smallest absolute Gasteiger partial charge is 0.420 e. The molecule has 0 aliphatic carbocycles. The van der Waals surface area contributed by atoms with Crippen LogP contribution in [0.25, 0.3) is 22.4 Å². The molecule has 1 aliphatic heterocycles. The lowest BCUT2D eigenvalue weighted by Crippen LogP contribution is -2.18. The van der Waals surface area contributed by atoms with Crippen LogP contribution in [0.5, 0.6) is 5.75 Å². The molecule has 1 fully saturated rings. The molecule has 1 atom stereocenters. The molecule has 0 saturated carbocycles. The van der Waals surface area contributed by atoms with Gasteiger partial charge in [0.15, 0.2) is 5.76 Å². The van der Waals surface area contributed by atoms with Crippen LogP contribution in [0.2, 0.25) is 0 Å². The maximum atomic E-state index is 14.0. The minimum Gasteiger partial charge on any atom is -0.488 e. The van der Waals surface area contributed by atoms with Crippen LogP contribution < -0.4 is 10.1 Å². The van der Waals surface area contributed by atoms with Crippen molar-refractivity contribution in [2.45, 2.75) is 19.3 Å². The molecule has 4 heterocycles. The first kappa shape index (κ1) is 26.9. The van der Waals surface area contributed by atoms with Gasteiger partial charge < -0.3 is 14.5 Å². The van der Waals surface area contributed by atoms with Crippen molar-refractivity contribution in [1.82, 2.24) is 19.9 Å². The summed E-state index contributed by atoms with van der Waals surface area (Å²) in [5.74, 6) is 2.47. The summed E-state index contributed by atoms with van der Waals surface area (Å²) in [6.07, 6.45) is -1.75. The van der Waals surface area contributed by atoms with E-state index in [4.69, 9.17) is 9.15 Å². The fourth-order valence-electron chi connectivity index (χ4n) is 4.53. The molecule has 0 amide bonds. The zero-order valence-corrected chi connectivity index (χ0v) is 22.4. The Bertz CT molecular complexity index is 1710. The summed E-state index contributed by atoms with van der Waals surface area (Å²) in [7, 11) is -0.827. The van der Waals surface area contributed by atoms with E-state index in [1.54, 1.807) is 42.6 Å². The summed E-state index contributed by atoms with van der Waals surface area (Å²) in [4.78, 5) is 15.0. The third-order valence-electron chi connectivity index (χ3n) is 6.56. The number of alkyl halides is 3. The fraction of sp³-hybridized carbons (Fsp3) is 0.207. The topological polar surface area (TPSA) is 93.4 Å². The van der Waals surface area contributed by atoms with Gasteiger partial charge in [-0.25, -0.2) is 9.97 Å². The number of aromatic nitrogens is 3. The summed E-state index contributed by atoms with van der Waals surface area (Å²) in [5.41, 5.74) is 1.08. The highest BCUT2D eigenvalue weighted by molar-refractivity contribution is 7.85. The van der Waals surface area contributed by atoms with Gasteiger partial charge in [0.05, 0.1) is 29.7 Å². The van der Waals surface area contributed by atoms with Crippen LogP contribution in [0.15, 0.2) is 83.7 Å². The van der Waals surface area contributed by atoms with Crippen LogP contribution in [-0.2, 0) is 30.1 Å².